The van der Waals surface area contributed by atoms with Crippen LogP contribution >= 0.6 is 0 Å². The predicted octanol–water partition coefficient (Wildman–Crippen LogP) is 2.50. The zero-order valence-corrected chi connectivity index (χ0v) is 14.9. The molecular formula is C19H27N3O2. The smallest absolute Gasteiger partial charge is 0.255 e. The fourth-order valence-electron chi connectivity index (χ4n) is 3.40. The van der Waals surface area contributed by atoms with Gasteiger partial charge in [-0.3, -0.25) is 14.6 Å². The number of hydrogen-bond acceptors (Lipinski definition) is 3. The molecule has 24 heavy (non-hydrogen) atoms. The lowest BCUT2D eigenvalue weighted by atomic mass is 10.0. The Morgan fingerprint density at radius 2 is 2.12 bits per heavy atom. The topological polar surface area (TPSA) is 53.5 Å². The van der Waals surface area contributed by atoms with Crippen LogP contribution in [-0.2, 0) is 4.79 Å². The molecule has 2 amide bonds. The first kappa shape index (κ1) is 16.9. The highest BCUT2D eigenvalue weighted by Gasteiger charge is 2.36. The normalized spacial score (nSPS) is 22.0. The summed E-state index contributed by atoms with van der Waals surface area (Å²) < 4.78 is 0. The van der Waals surface area contributed by atoms with Crippen molar-refractivity contribution in [1.29, 1.82) is 0 Å². The van der Waals surface area contributed by atoms with E-state index in [0.29, 0.717) is 36.9 Å². The highest BCUT2D eigenvalue weighted by molar-refractivity contribution is 5.95. The zero-order valence-electron chi connectivity index (χ0n) is 14.9. The lowest BCUT2D eigenvalue weighted by Crippen LogP contribution is -2.48. The average molecular weight is 329 g/mol. The van der Waals surface area contributed by atoms with Crippen molar-refractivity contribution < 1.29 is 9.59 Å². The van der Waals surface area contributed by atoms with Crippen molar-refractivity contribution in [3.63, 3.8) is 0 Å². The summed E-state index contributed by atoms with van der Waals surface area (Å²) in [6.07, 6.45) is 6.21. The Labute approximate surface area is 144 Å². The first-order chi connectivity index (χ1) is 11.5. The molecule has 5 heteroatoms. The van der Waals surface area contributed by atoms with E-state index in [9.17, 15) is 9.59 Å². The summed E-state index contributed by atoms with van der Waals surface area (Å²) in [5.41, 5.74) is 1.57. The Morgan fingerprint density at radius 1 is 1.38 bits per heavy atom. The molecule has 1 aliphatic carbocycles. The lowest BCUT2D eigenvalue weighted by Gasteiger charge is -2.35. The summed E-state index contributed by atoms with van der Waals surface area (Å²) in [5.74, 6) is 1.18. The number of hydrogen-bond donors (Lipinski definition) is 0. The summed E-state index contributed by atoms with van der Waals surface area (Å²) >= 11 is 0. The molecule has 0 bridgehead atoms. The molecule has 3 rings (SSSR count). The van der Waals surface area contributed by atoms with E-state index in [-0.39, 0.29) is 17.9 Å². The summed E-state index contributed by atoms with van der Waals surface area (Å²) in [7, 11) is 0. The van der Waals surface area contributed by atoms with Crippen molar-refractivity contribution in [2.45, 2.75) is 46.1 Å². The van der Waals surface area contributed by atoms with Crippen LogP contribution in [0, 0.1) is 18.8 Å². The number of carbonyl (C=O) groups is 2. The molecule has 1 saturated heterocycles. The van der Waals surface area contributed by atoms with E-state index >= 15 is 0 Å². The maximum Gasteiger partial charge on any atom is 0.255 e. The van der Waals surface area contributed by atoms with Crippen LogP contribution in [0.5, 0.6) is 0 Å². The summed E-state index contributed by atoms with van der Waals surface area (Å²) in [6, 6.07) is 1.96. The second kappa shape index (κ2) is 6.91. The summed E-state index contributed by atoms with van der Waals surface area (Å²) in [4.78, 5) is 33.6. The molecule has 0 unspecified atom stereocenters. The van der Waals surface area contributed by atoms with Crippen molar-refractivity contribution in [2.75, 3.05) is 19.6 Å². The molecule has 0 spiro atoms. The van der Waals surface area contributed by atoms with Crippen LogP contribution in [0.2, 0.25) is 0 Å². The molecule has 0 radical (unpaired) electrons. The molecule has 0 N–H and O–H groups in total. The lowest BCUT2D eigenvalue weighted by molar-refractivity contribution is -0.133. The minimum Gasteiger partial charge on any atom is -0.337 e. The van der Waals surface area contributed by atoms with E-state index in [1.807, 2.05) is 22.8 Å². The number of carbonyl (C=O) groups excluding carboxylic acids is 2. The highest BCUT2D eigenvalue weighted by Crippen LogP contribution is 2.32. The molecule has 2 heterocycles. The standard InChI is InChI=1S/C19H27N3O2/c1-13(2)17-12-21(19(24)16-10-20-8-6-14(16)3)9-7-18(23)22(17)11-15-4-5-15/h6,8,10,13,15,17H,4-5,7,9,11-12H2,1-3H3/t17-/m1/s1. The third kappa shape index (κ3) is 3.60. The largest absolute Gasteiger partial charge is 0.337 e. The van der Waals surface area contributed by atoms with Crippen molar-refractivity contribution in [2.24, 2.45) is 11.8 Å². The van der Waals surface area contributed by atoms with Gasteiger partial charge in [-0.15, -0.1) is 0 Å². The van der Waals surface area contributed by atoms with Gasteiger partial charge >= 0.3 is 0 Å². The molecule has 1 aromatic heterocycles. The quantitative estimate of drug-likeness (QED) is 0.853. The van der Waals surface area contributed by atoms with Crippen LogP contribution in [0.15, 0.2) is 18.5 Å². The highest BCUT2D eigenvalue weighted by atomic mass is 16.2. The van der Waals surface area contributed by atoms with Gasteiger partial charge in [0.15, 0.2) is 0 Å². The van der Waals surface area contributed by atoms with E-state index in [4.69, 9.17) is 0 Å². The Morgan fingerprint density at radius 3 is 2.75 bits per heavy atom. The number of amides is 2. The van der Waals surface area contributed by atoms with Crippen LogP contribution in [0.1, 0.15) is 49.0 Å². The first-order valence-corrected chi connectivity index (χ1v) is 8.96. The van der Waals surface area contributed by atoms with Gasteiger partial charge in [0.1, 0.15) is 0 Å². The zero-order chi connectivity index (χ0) is 17.3. The van der Waals surface area contributed by atoms with E-state index in [2.05, 4.69) is 18.8 Å². The maximum absolute atomic E-state index is 12.9. The van der Waals surface area contributed by atoms with Crippen molar-refractivity contribution in [3.8, 4) is 0 Å². The van der Waals surface area contributed by atoms with E-state index in [0.717, 1.165) is 12.1 Å². The second-order valence-corrected chi connectivity index (χ2v) is 7.49. The third-order valence-electron chi connectivity index (χ3n) is 5.20. The molecule has 2 fully saturated rings. The fraction of sp³-hybridized carbons (Fsp3) is 0.632. The number of pyridine rings is 1. The molecule has 5 nitrogen and oxygen atoms in total. The van der Waals surface area contributed by atoms with Crippen LogP contribution in [0.4, 0.5) is 0 Å². The van der Waals surface area contributed by atoms with E-state index in [1.165, 1.54) is 12.8 Å². The Balaban J connectivity index is 1.81. The van der Waals surface area contributed by atoms with E-state index in [1.54, 1.807) is 12.4 Å². The van der Waals surface area contributed by atoms with Gasteiger partial charge in [0.2, 0.25) is 5.91 Å². The van der Waals surface area contributed by atoms with Crippen LogP contribution < -0.4 is 0 Å². The second-order valence-electron chi connectivity index (χ2n) is 7.49. The molecule has 1 aliphatic heterocycles. The van der Waals surface area contributed by atoms with Gasteiger partial charge in [0.25, 0.3) is 5.91 Å². The Kier molecular flexibility index (Phi) is 4.88. The third-order valence-corrected chi connectivity index (χ3v) is 5.20. The average Bonchev–Trinajstić information content (AvgIpc) is 3.37. The molecule has 2 aliphatic rings. The Hall–Kier alpha value is -1.91. The number of nitrogens with zero attached hydrogens (tertiary/aromatic N) is 3. The van der Waals surface area contributed by atoms with Gasteiger partial charge in [-0.1, -0.05) is 13.8 Å². The number of aromatic nitrogens is 1. The van der Waals surface area contributed by atoms with Gasteiger partial charge in [0.05, 0.1) is 11.6 Å². The predicted molar refractivity (Wildman–Crippen MR) is 92.6 cm³/mol. The van der Waals surface area contributed by atoms with Crippen LogP contribution in [0.3, 0.4) is 0 Å². The first-order valence-electron chi connectivity index (χ1n) is 8.96. The number of rotatable bonds is 4. The monoisotopic (exact) mass is 329 g/mol. The van der Waals surface area contributed by atoms with Gasteiger partial charge in [-0.25, -0.2) is 0 Å². The number of aryl methyl sites for hydroxylation is 1. The van der Waals surface area contributed by atoms with Gasteiger partial charge in [0, 0.05) is 38.4 Å². The van der Waals surface area contributed by atoms with Gasteiger partial charge in [-0.2, -0.15) is 0 Å². The van der Waals surface area contributed by atoms with Crippen molar-refractivity contribution in [3.05, 3.63) is 29.6 Å². The fourth-order valence-corrected chi connectivity index (χ4v) is 3.40. The van der Waals surface area contributed by atoms with Crippen LogP contribution in [0.25, 0.3) is 0 Å². The van der Waals surface area contributed by atoms with Crippen LogP contribution in [-0.4, -0.2) is 52.3 Å². The minimum atomic E-state index is -0.00711. The maximum atomic E-state index is 12.9. The van der Waals surface area contributed by atoms with E-state index < -0.39 is 0 Å². The summed E-state index contributed by atoms with van der Waals surface area (Å²) in [5, 5.41) is 0. The van der Waals surface area contributed by atoms with Gasteiger partial charge < -0.3 is 9.80 Å². The molecule has 1 aromatic rings. The molecule has 1 saturated carbocycles. The van der Waals surface area contributed by atoms with Crippen molar-refractivity contribution >= 4 is 11.8 Å². The molecular weight excluding hydrogens is 302 g/mol. The molecule has 0 aromatic carbocycles. The summed E-state index contributed by atoms with van der Waals surface area (Å²) in [6.45, 7) is 8.18. The minimum absolute atomic E-state index is 0.00711. The molecule has 130 valence electrons. The van der Waals surface area contributed by atoms with Crippen molar-refractivity contribution in [1.82, 2.24) is 14.8 Å². The molecule has 1 atom stereocenters. The SMILES string of the molecule is Cc1ccncc1C(=O)N1CCC(=O)N(CC2CC2)[C@@H](C(C)C)C1. The van der Waals surface area contributed by atoms with Gasteiger partial charge in [-0.05, 0) is 43.2 Å². The Bertz CT molecular complexity index is 625.